The highest BCUT2D eigenvalue weighted by atomic mass is 16.2. The number of carbonyl (C=O) groups is 3. The van der Waals surface area contributed by atoms with Crippen molar-refractivity contribution in [3.8, 4) is 0 Å². The molecule has 0 aromatic heterocycles. The number of amides is 3. The fraction of sp³-hybridized carbons (Fsp3) is 0.375. The second kappa shape index (κ2) is 9.11. The summed E-state index contributed by atoms with van der Waals surface area (Å²) in [5, 5.41) is 5.54. The maximum absolute atomic E-state index is 12.7. The Balaban J connectivity index is 1.26. The fourth-order valence-electron chi connectivity index (χ4n) is 4.27. The first-order valence-corrected chi connectivity index (χ1v) is 10.6. The molecule has 1 saturated heterocycles. The van der Waals surface area contributed by atoms with Crippen LogP contribution in [0.15, 0.2) is 54.6 Å². The van der Waals surface area contributed by atoms with Crippen molar-refractivity contribution in [2.24, 2.45) is 5.92 Å². The molecule has 0 bridgehead atoms. The lowest BCUT2D eigenvalue weighted by Crippen LogP contribution is -2.43. The SMILES string of the molecule is O=C1N[C@H](CCC(=O)N2CCC(Cc3ccccc3)CC2)C(=O)Nc2ccccc21. The molecule has 30 heavy (non-hydrogen) atoms. The van der Waals surface area contributed by atoms with E-state index in [9.17, 15) is 14.4 Å². The molecule has 156 valence electrons. The number of para-hydroxylation sites is 1. The Morgan fingerprint density at radius 2 is 1.67 bits per heavy atom. The van der Waals surface area contributed by atoms with Gasteiger partial charge in [0.05, 0.1) is 11.3 Å². The van der Waals surface area contributed by atoms with Crippen LogP contribution in [0.3, 0.4) is 0 Å². The molecule has 0 unspecified atom stereocenters. The number of piperidine rings is 1. The number of benzene rings is 2. The van der Waals surface area contributed by atoms with Gasteiger partial charge >= 0.3 is 0 Å². The van der Waals surface area contributed by atoms with Gasteiger partial charge in [0.1, 0.15) is 6.04 Å². The fourth-order valence-corrected chi connectivity index (χ4v) is 4.27. The number of hydrogen-bond acceptors (Lipinski definition) is 3. The molecular formula is C24H27N3O3. The first-order chi connectivity index (χ1) is 14.6. The minimum atomic E-state index is -0.704. The number of likely N-dealkylation sites (tertiary alicyclic amines) is 1. The first kappa shape index (κ1) is 20.1. The van der Waals surface area contributed by atoms with E-state index in [2.05, 4.69) is 34.9 Å². The molecule has 0 aliphatic carbocycles. The molecule has 1 atom stereocenters. The van der Waals surface area contributed by atoms with Gasteiger partial charge < -0.3 is 15.5 Å². The highest BCUT2D eigenvalue weighted by Crippen LogP contribution is 2.23. The van der Waals surface area contributed by atoms with Gasteiger partial charge in [0.2, 0.25) is 11.8 Å². The van der Waals surface area contributed by atoms with Crippen LogP contribution in [0.25, 0.3) is 0 Å². The van der Waals surface area contributed by atoms with Crippen LogP contribution in [-0.2, 0) is 16.0 Å². The largest absolute Gasteiger partial charge is 0.343 e. The maximum atomic E-state index is 12.7. The lowest BCUT2D eigenvalue weighted by atomic mass is 9.90. The van der Waals surface area contributed by atoms with Crippen molar-refractivity contribution in [1.29, 1.82) is 0 Å². The maximum Gasteiger partial charge on any atom is 0.254 e. The number of rotatable bonds is 5. The van der Waals surface area contributed by atoms with E-state index in [1.54, 1.807) is 24.3 Å². The van der Waals surface area contributed by atoms with Gasteiger partial charge in [0, 0.05) is 19.5 Å². The molecule has 2 heterocycles. The molecule has 4 rings (SSSR count). The zero-order valence-corrected chi connectivity index (χ0v) is 17.0. The summed E-state index contributed by atoms with van der Waals surface area (Å²) in [6, 6.07) is 16.7. The number of nitrogens with one attached hydrogen (secondary N) is 2. The molecule has 2 aromatic rings. The summed E-state index contributed by atoms with van der Waals surface area (Å²) in [7, 11) is 0. The Hall–Kier alpha value is -3.15. The Morgan fingerprint density at radius 1 is 0.967 bits per heavy atom. The van der Waals surface area contributed by atoms with Gasteiger partial charge in [0.25, 0.3) is 5.91 Å². The smallest absolute Gasteiger partial charge is 0.254 e. The molecule has 2 aliphatic rings. The standard InChI is InChI=1S/C24H27N3O3/c28-22(27-14-12-18(13-15-27)16-17-6-2-1-3-7-17)11-10-21-24(30)25-20-9-5-4-8-19(20)23(29)26-21/h1-9,18,21H,10-16H2,(H,25,30)(H,26,29)/t21-/m1/s1. The van der Waals surface area contributed by atoms with E-state index in [0.29, 0.717) is 23.6 Å². The van der Waals surface area contributed by atoms with Gasteiger partial charge in [-0.15, -0.1) is 0 Å². The summed E-state index contributed by atoms with van der Waals surface area (Å²) in [6.07, 6.45) is 3.59. The summed E-state index contributed by atoms with van der Waals surface area (Å²) in [5.74, 6) is 0.0876. The molecule has 2 aliphatic heterocycles. The number of fused-ring (bicyclic) bond motifs is 1. The number of hydrogen-bond donors (Lipinski definition) is 2. The topological polar surface area (TPSA) is 78.5 Å². The third kappa shape index (κ3) is 4.70. The third-order valence-corrected chi connectivity index (χ3v) is 6.03. The van der Waals surface area contributed by atoms with Gasteiger partial charge in [-0.05, 0) is 49.3 Å². The molecule has 3 amide bonds. The summed E-state index contributed by atoms with van der Waals surface area (Å²) in [5.41, 5.74) is 2.30. The predicted molar refractivity (Wildman–Crippen MR) is 115 cm³/mol. The van der Waals surface area contributed by atoms with E-state index in [-0.39, 0.29) is 24.1 Å². The van der Waals surface area contributed by atoms with Crippen LogP contribution in [-0.4, -0.2) is 41.8 Å². The summed E-state index contributed by atoms with van der Waals surface area (Å²) in [6.45, 7) is 1.51. The Kier molecular flexibility index (Phi) is 6.12. The van der Waals surface area contributed by atoms with Crippen molar-refractivity contribution in [1.82, 2.24) is 10.2 Å². The van der Waals surface area contributed by atoms with E-state index in [0.717, 1.165) is 32.4 Å². The number of anilines is 1. The van der Waals surface area contributed by atoms with Crippen LogP contribution in [0, 0.1) is 5.92 Å². The van der Waals surface area contributed by atoms with Gasteiger partial charge in [0.15, 0.2) is 0 Å². The number of nitrogens with zero attached hydrogens (tertiary/aromatic N) is 1. The van der Waals surface area contributed by atoms with E-state index in [1.807, 2.05) is 11.0 Å². The average Bonchev–Trinajstić information content (AvgIpc) is 2.89. The van der Waals surface area contributed by atoms with Crippen LogP contribution in [0.1, 0.15) is 41.6 Å². The van der Waals surface area contributed by atoms with Crippen molar-refractivity contribution in [2.45, 2.75) is 38.1 Å². The molecular weight excluding hydrogens is 378 g/mol. The van der Waals surface area contributed by atoms with Crippen LogP contribution in [0.5, 0.6) is 0 Å². The number of carbonyl (C=O) groups excluding carboxylic acids is 3. The first-order valence-electron chi connectivity index (χ1n) is 10.6. The van der Waals surface area contributed by atoms with Crippen molar-refractivity contribution < 1.29 is 14.4 Å². The van der Waals surface area contributed by atoms with Crippen LogP contribution in [0.2, 0.25) is 0 Å². The monoisotopic (exact) mass is 405 g/mol. The molecule has 6 heteroatoms. The molecule has 6 nitrogen and oxygen atoms in total. The second-order valence-corrected chi connectivity index (χ2v) is 8.11. The molecule has 0 radical (unpaired) electrons. The summed E-state index contributed by atoms with van der Waals surface area (Å²) >= 11 is 0. The van der Waals surface area contributed by atoms with E-state index >= 15 is 0 Å². The van der Waals surface area contributed by atoms with Crippen LogP contribution >= 0.6 is 0 Å². The predicted octanol–water partition coefficient (Wildman–Crippen LogP) is 3.00. The molecule has 2 N–H and O–H groups in total. The minimum absolute atomic E-state index is 0.0528. The quantitative estimate of drug-likeness (QED) is 0.803. The summed E-state index contributed by atoms with van der Waals surface area (Å²) in [4.78, 5) is 39.4. The van der Waals surface area contributed by atoms with Crippen LogP contribution in [0.4, 0.5) is 5.69 Å². The summed E-state index contributed by atoms with van der Waals surface area (Å²) < 4.78 is 0. The zero-order chi connectivity index (χ0) is 20.9. The van der Waals surface area contributed by atoms with Crippen LogP contribution < -0.4 is 10.6 Å². The average molecular weight is 405 g/mol. The van der Waals surface area contributed by atoms with Gasteiger partial charge in [-0.25, -0.2) is 0 Å². The van der Waals surface area contributed by atoms with E-state index < -0.39 is 6.04 Å². The van der Waals surface area contributed by atoms with Gasteiger partial charge in [-0.3, -0.25) is 14.4 Å². The Labute approximate surface area is 176 Å². The highest BCUT2D eigenvalue weighted by molar-refractivity contribution is 6.09. The lowest BCUT2D eigenvalue weighted by Gasteiger charge is -2.32. The lowest BCUT2D eigenvalue weighted by molar-refractivity contribution is -0.132. The zero-order valence-electron chi connectivity index (χ0n) is 17.0. The van der Waals surface area contributed by atoms with Crippen molar-refractivity contribution in [2.75, 3.05) is 18.4 Å². The van der Waals surface area contributed by atoms with Crippen molar-refractivity contribution >= 4 is 23.4 Å². The molecule has 1 fully saturated rings. The second-order valence-electron chi connectivity index (χ2n) is 8.11. The Bertz CT molecular complexity index is 920. The van der Waals surface area contributed by atoms with Gasteiger partial charge in [-0.2, -0.15) is 0 Å². The highest BCUT2D eigenvalue weighted by Gasteiger charge is 2.29. The molecule has 2 aromatic carbocycles. The molecule has 0 saturated carbocycles. The normalized spacial score (nSPS) is 19.5. The third-order valence-electron chi connectivity index (χ3n) is 6.03. The van der Waals surface area contributed by atoms with Crippen molar-refractivity contribution in [3.05, 3.63) is 65.7 Å². The molecule has 0 spiro atoms. The van der Waals surface area contributed by atoms with E-state index in [1.165, 1.54) is 5.56 Å². The van der Waals surface area contributed by atoms with E-state index in [4.69, 9.17) is 0 Å². The minimum Gasteiger partial charge on any atom is -0.343 e. The van der Waals surface area contributed by atoms with Gasteiger partial charge in [-0.1, -0.05) is 42.5 Å². The van der Waals surface area contributed by atoms with Crippen molar-refractivity contribution in [3.63, 3.8) is 0 Å². The Morgan fingerprint density at radius 3 is 2.43 bits per heavy atom.